The van der Waals surface area contributed by atoms with Crippen LogP contribution < -0.4 is 9.64 Å². The maximum Gasteiger partial charge on any atom is 0.501 e. The number of benzene rings is 3. The molecule has 0 N–H and O–H groups in total. The largest absolute Gasteiger partial charge is 0.501 e. The zero-order chi connectivity index (χ0) is 29.6. The number of anilines is 1. The predicted octanol–water partition coefficient (Wildman–Crippen LogP) is 4.86. The molecule has 0 spiro atoms. The molecule has 3 aromatic rings. The van der Waals surface area contributed by atoms with E-state index in [1.54, 1.807) is 87.2 Å². The van der Waals surface area contributed by atoms with E-state index in [4.69, 9.17) is 26.8 Å². The van der Waals surface area contributed by atoms with E-state index in [1.807, 2.05) is 30.3 Å². The van der Waals surface area contributed by atoms with Gasteiger partial charge in [-0.3, -0.25) is 9.37 Å². The molecule has 1 aliphatic rings. The van der Waals surface area contributed by atoms with Crippen LogP contribution in [0.3, 0.4) is 0 Å². The first-order valence-corrected chi connectivity index (χ1v) is 13.5. The van der Waals surface area contributed by atoms with Crippen molar-refractivity contribution in [3.8, 4) is 5.75 Å². The van der Waals surface area contributed by atoms with Crippen molar-refractivity contribution in [1.29, 1.82) is 0 Å². The molecule has 214 valence electrons. The summed E-state index contributed by atoms with van der Waals surface area (Å²) in [7, 11) is 3.26. The van der Waals surface area contributed by atoms with Crippen molar-refractivity contribution in [3.05, 3.63) is 96.1 Å². The zero-order valence-corrected chi connectivity index (χ0v) is 24.3. The Balaban J connectivity index is 2.06. The minimum Gasteiger partial charge on any atom is -0.497 e. The van der Waals surface area contributed by atoms with Crippen molar-refractivity contribution in [2.45, 2.75) is 25.3 Å². The van der Waals surface area contributed by atoms with E-state index in [0.29, 0.717) is 17.0 Å². The van der Waals surface area contributed by atoms with Gasteiger partial charge in [-0.2, -0.15) is 4.90 Å². The molecule has 0 aromatic heterocycles. The van der Waals surface area contributed by atoms with Gasteiger partial charge in [-0.15, -0.1) is 17.6 Å². The third-order valence-electron chi connectivity index (χ3n) is 6.39. The van der Waals surface area contributed by atoms with E-state index in [2.05, 4.69) is 0 Å². The summed E-state index contributed by atoms with van der Waals surface area (Å²) in [5, 5.41) is 1.95. The van der Waals surface area contributed by atoms with Gasteiger partial charge in [0.25, 0.3) is 0 Å². The third-order valence-corrected chi connectivity index (χ3v) is 7.03. The summed E-state index contributed by atoms with van der Waals surface area (Å²) >= 11 is 4.87. The van der Waals surface area contributed by atoms with E-state index >= 15 is 0 Å². The zero-order valence-electron chi connectivity index (χ0n) is 23.4. The first kappa shape index (κ1) is 29.5. The molecule has 0 bridgehead atoms. The van der Waals surface area contributed by atoms with Gasteiger partial charge in [0.1, 0.15) is 11.4 Å². The normalized spacial score (nSPS) is 18.2. The van der Waals surface area contributed by atoms with Crippen LogP contribution in [0.2, 0.25) is 0 Å². The Labute approximate surface area is 244 Å². The SMILES string of the molecule is CCOC(=O)N1C(=[N+](C)Cc2ccccc2)N(c2ccc(OC)cc2)C(=O)C(S)(c2ccccc2)N1C(=O)OCC. The molecular weight excluding hydrogens is 544 g/mol. The van der Waals surface area contributed by atoms with Crippen LogP contribution in [0.25, 0.3) is 0 Å². The Bertz CT molecular complexity index is 1420. The second kappa shape index (κ2) is 12.8. The lowest BCUT2D eigenvalue weighted by atomic mass is 10.0. The van der Waals surface area contributed by atoms with E-state index < -0.39 is 23.0 Å². The number of amides is 3. The molecule has 4 rings (SSSR count). The fourth-order valence-corrected chi connectivity index (χ4v) is 4.97. The van der Waals surface area contributed by atoms with Crippen molar-refractivity contribution < 1.29 is 33.2 Å². The molecule has 0 aliphatic carbocycles. The molecule has 11 heteroatoms. The van der Waals surface area contributed by atoms with Crippen LogP contribution >= 0.6 is 12.6 Å². The third kappa shape index (κ3) is 5.71. The fraction of sp³-hybridized carbons (Fsp3) is 0.267. The summed E-state index contributed by atoms with van der Waals surface area (Å²) in [6.45, 7) is 3.59. The molecule has 0 saturated carbocycles. The Hall–Kier alpha value is -4.51. The number of hydrogen-bond donors (Lipinski definition) is 1. The highest BCUT2D eigenvalue weighted by Crippen LogP contribution is 2.42. The van der Waals surface area contributed by atoms with Crippen LogP contribution in [0.5, 0.6) is 5.75 Å². The standard InChI is InChI=1S/C30H32N4O6S/c1-5-39-28(36)33-27(31(3)21-22-13-9-7-10-14-22)32(24-17-19-25(38-4)20-18-24)26(35)30(41,23-15-11-8-12-16-23)34(33)29(37)40-6-2/h7-20H,5-6,21H2,1-4H3/p+1. The fourth-order valence-electron chi connectivity index (χ4n) is 4.55. The van der Waals surface area contributed by atoms with Gasteiger partial charge in [0, 0.05) is 5.56 Å². The highest BCUT2D eigenvalue weighted by molar-refractivity contribution is 7.82. The topological polar surface area (TPSA) is 91.6 Å². The van der Waals surface area contributed by atoms with Gasteiger partial charge in [-0.05, 0) is 48.7 Å². The average Bonchev–Trinajstić information content (AvgIpc) is 2.99. The average molecular weight is 578 g/mol. The lowest BCUT2D eigenvalue weighted by Crippen LogP contribution is -2.74. The number of carbonyl (C=O) groups excluding carboxylic acids is 3. The van der Waals surface area contributed by atoms with Gasteiger partial charge in [-0.1, -0.05) is 60.7 Å². The van der Waals surface area contributed by atoms with E-state index in [0.717, 1.165) is 15.6 Å². The number of thiol groups is 1. The van der Waals surface area contributed by atoms with Crippen molar-refractivity contribution in [2.24, 2.45) is 0 Å². The van der Waals surface area contributed by atoms with E-state index in [9.17, 15) is 14.4 Å². The number of methoxy groups -OCH3 is 1. The molecule has 1 saturated heterocycles. The highest BCUT2D eigenvalue weighted by atomic mass is 32.1. The smallest absolute Gasteiger partial charge is 0.497 e. The van der Waals surface area contributed by atoms with E-state index in [-0.39, 0.29) is 25.7 Å². The van der Waals surface area contributed by atoms with Gasteiger partial charge in [-0.25, -0.2) is 9.59 Å². The van der Waals surface area contributed by atoms with Crippen molar-refractivity contribution in [1.82, 2.24) is 10.0 Å². The van der Waals surface area contributed by atoms with Gasteiger partial charge in [0.05, 0.1) is 33.9 Å². The lowest BCUT2D eigenvalue weighted by Gasteiger charge is -2.45. The molecule has 1 unspecified atom stereocenters. The first-order valence-electron chi connectivity index (χ1n) is 13.1. The van der Waals surface area contributed by atoms with Crippen LogP contribution in [0, 0.1) is 0 Å². The maximum absolute atomic E-state index is 14.8. The molecule has 3 aromatic carbocycles. The number of carbonyl (C=O) groups is 3. The number of hydrogen-bond acceptors (Lipinski definition) is 7. The molecule has 41 heavy (non-hydrogen) atoms. The molecule has 10 nitrogen and oxygen atoms in total. The van der Waals surface area contributed by atoms with Crippen molar-refractivity contribution in [3.63, 3.8) is 0 Å². The first-order chi connectivity index (χ1) is 19.8. The Kier molecular flexibility index (Phi) is 9.18. The highest BCUT2D eigenvalue weighted by Gasteiger charge is 2.65. The van der Waals surface area contributed by atoms with Crippen LogP contribution in [-0.2, 0) is 25.7 Å². The number of hydrazine groups is 1. The van der Waals surface area contributed by atoms with E-state index in [1.165, 1.54) is 4.90 Å². The van der Waals surface area contributed by atoms with Gasteiger partial charge < -0.3 is 14.2 Å². The number of ether oxygens (including phenoxy) is 3. The molecular formula is C30H33N4O6S+. The molecule has 1 fully saturated rings. The van der Waals surface area contributed by atoms with Crippen molar-refractivity contribution in [2.75, 3.05) is 32.3 Å². The predicted molar refractivity (Wildman–Crippen MR) is 157 cm³/mol. The molecule has 1 heterocycles. The summed E-state index contributed by atoms with van der Waals surface area (Å²) in [5.74, 6) is 0.0184. The summed E-state index contributed by atoms with van der Waals surface area (Å²) < 4.78 is 17.9. The quantitative estimate of drug-likeness (QED) is 0.319. The van der Waals surface area contributed by atoms with Crippen molar-refractivity contribution >= 4 is 42.4 Å². The number of nitrogens with zero attached hydrogens (tertiary/aromatic N) is 4. The molecule has 1 atom stereocenters. The Morgan fingerprint density at radius 3 is 1.98 bits per heavy atom. The van der Waals surface area contributed by atoms with Crippen LogP contribution in [0.15, 0.2) is 84.9 Å². The molecule has 3 amide bonds. The van der Waals surface area contributed by atoms with Gasteiger partial charge in [0.15, 0.2) is 0 Å². The molecule has 1 aliphatic heterocycles. The second-order valence-electron chi connectivity index (χ2n) is 9.04. The minimum atomic E-state index is -2.00. The monoisotopic (exact) mass is 577 g/mol. The molecule has 0 radical (unpaired) electrons. The van der Waals surface area contributed by atoms with Gasteiger partial charge >= 0.3 is 24.1 Å². The van der Waals surface area contributed by atoms with Crippen LogP contribution in [-0.4, -0.2) is 66.0 Å². The Morgan fingerprint density at radius 1 is 0.854 bits per heavy atom. The maximum atomic E-state index is 14.8. The Morgan fingerprint density at radius 2 is 1.41 bits per heavy atom. The summed E-state index contributed by atoms with van der Waals surface area (Å²) in [5.41, 5.74) is 1.67. The lowest BCUT2D eigenvalue weighted by molar-refractivity contribution is -0.521. The van der Waals surface area contributed by atoms with Crippen LogP contribution in [0.1, 0.15) is 25.0 Å². The summed E-state index contributed by atoms with van der Waals surface area (Å²) in [6, 6.07) is 24.8. The number of rotatable bonds is 7. The number of guanidine groups is 1. The second-order valence-corrected chi connectivity index (χ2v) is 9.69. The van der Waals surface area contributed by atoms with Gasteiger partial charge in [0.2, 0.25) is 4.87 Å². The summed E-state index contributed by atoms with van der Waals surface area (Å²) in [6.07, 6.45) is -1.84. The minimum absolute atomic E-state index is 0.00375. The summed E-state index contributed by atoms with van der Waals surface area (Å²) in [4.78, 5) is 41.6. The van der Waals surface area contributed by atoms with Crippen LogP contribution in [0.4, 0.5) is 15.3 Å².